The molecule has 1 saturated heterocycles. The molecule has 0 radical (unpaired) electrons. The summed E-state index contributed by atoms with van der Waals surface area (Å²) in [6.45, 7) is 6.51. The number of piperidine rings is 1. The second-order valence-corrected chi connectivity index (χ2v) is 10.1. The van der Waals surface area contributed by atoms with Gasteiger partial charge >= 0.3 is 6.01 Å². The number of hydrogen-bond acceptors (Lipinski definition) is 6. The maximum absolute atomic E-state index is 12.8. The molecule has 0 aliphatic carbocycles. The van der Waals surface area contributed by atoms with Gasteiger partial charge in [0.1, 0.15) is 0 Å². The molecule has 8 nitrogen and oxygen atoms in total. The number of anilines is 1. The summed E-state index contributed by atoms with van der Waals surface area (Å²) in [5.74, 6) is -0.230. The molecule has 1 aliphatic heterocycles. The number of carbonyl (C=O) groups is 1. The molecule has 2 heterocycles. The minimum absolute atomic E-state index is 0.0398. The molecular weight excluding hydrogens is 428 g/mol. The lowest BCUT2D eigenvalue weighted by atomic mass is 9.97. The molecule has 0 spiro atoms. The van der Waals surface area contributed by atoms with Crippen molar-refractivity contribution in [2.45, 2.75) is 38.5 Å². The molecule has 1 fully saturated rings. The molecule has 1 amide bonds. The quantitative estimate of drug-likeness (QED) is 0.630. The molecule has 1 aromatic heterocycles. The lowest BCUT2D eigenvalue weighted by molar-refractivity contribution is -0.121. The van der Waals surface area contributed by atoms with Crippen LogP contribution in [0.5, 0.6) is 0 Å². The maximum atomic E-state index is 12.8. The van der Waals surface area contributed by atoms with Gasteiger partial charge in [0.15, 0.2) is 0 Å². The largest absolute Gasteiger partial charge is 0.403 e. The van der Waals surface area contributed by atoms with Crippen molar-refractivity contribution in [3.05, 3.63) is 59.2 Å². The lowest BCUT2D eigenvalue weighted by Gasteiger charge is -2.30. The summed E-state index contributed by atoms with van der Waals surface area (Å²) >= 11 is 0. The van der Waals surface area contributed by atoms with Gasteiger partial charge in [-0.3, -0.25) is 10.1 Å². The number of sulfonamides is 1. The molecular formula is C23H26N4O4S. The van der Waals surface area contributed by atoms with Gasteiger partial charge in [-0.05, 0) is 69.0 Å². The highest BCUT2D eigenvalue weighted by atomic mass is 32.2. The van der Waals surface area contributed by atoms with Crippen molar-refractivity contribution in [3.63, 3.8) is 0 Å². The van der Waals surface area contributed by atoms with Crippen LogP contribution in [-0.4, -0.2) is 41.9 Å². The average molecular weight is 455 g/mol. The minimum atomic E-state index is -3.56. The Morgan fingerprint density at radius 1 is 1.00 bits per heavy atom. The van der Waals surface area contributed by atoms with Crippen molar-refractivity contribution in [1.29, 1.82) is 0 Å². The Bertz CT molecular complexity index is 1230. The maximum Gasteiger partial charge on any atom is 0.322 e. The van der Waals surface area contributed by atoms with Gasteiger partial charge in [0.25, 0.3) is 0 Å². The zero-order chi connectivity index (χ0) is 22.9. The number of aryl methyl sites for hydroxylation is 3. The first-order chi connectivity index (χ1) is 15.2. The van der Waals surface area contributed by atoms with Gasteiger partial charge in [-0.1, -0.05) is 28.9 Å². The van der Waals surface area contributed by atoms with Crippen LogP contribution in [0.2, 0.25) is 0 Å². The van der Waals surface area contributed by atoms with E-state index in [-0.39, 0.29) is 35.8 Å². The van der Waals surface area contributed by atoms with E-state index in [4.69, 9.17) is 4.42 Å². The zero-order valence-electron chi connectivity index (χ0n) is 18.3. The molecule has 4 rings (SSSR count). The second kappa shape index (κ2) is 8.84. The first-order valence-corrected chi connectivity index (χ1v) is 12.0. The molecule has 1 aliphatic rings. The fourth-order valence-corrected chi connectivity index (χ4v) is 5.16. The summed E-state index contributed by atoms with van der Waals surface area (Å²) in [6, 6.07) is 12.7. The van der Waals surface area contributed by atoms with Crippen LogP contribution in [-0.2, 0) is 14.8 Å². The first kappa shape index (κ1) is 22.2. The molecule has 2 aromatic carbocycles. The number of nitrogens with one attached hydrogen (secondary N) is 1. The number of carbonyl (C=O) groups excluding carboxylic acids is 1. The third kappa shape index (κ3) is 4.58. The number of hydrogen-bond donors (Lipinski definition) is 1. The van der Waals surface area contributed by atoms with Crippen molar-refractivity contribution in [1.82, 2.24) is 14.5 Å². The van der Waals surface area contributed by atoms with Crippen LogP contribution in [0.4, 0.5) is 6.01 Å². The van der Waals surface area contributed by atoms with E-state index in [2.05, 4.69) is 15.5 Å². The van der Waals surface area contributed by atoms with E-state index in [9.17, 15) is 13.2 Å². The van der Waals surface area contributed by atoms with E-state index in [0.29, 0.717) is 18.7 Å². The Kier molecular flexibility index (Phi) is 6.12. The van der Waals surface area contributed by atoms with E-state index < -0.39 is 10.0 Å². The van der Waals surface area contributed by atoms with E-state index in [0.717, 1.165) is 22.3 Å². The van der Waals surface area contributed by atoms with Crippen molar-refractivity contribution < 1.29 is 17.6 Å². The van der Waals surface area contributed by atoms with Crippen LogP contribution in [0.25, 0.3) is 11.5 Å². The fraction of sp³-hybridized carbons (Fsp3) is 0.348. The molecule has 32 heavy (non-hydrogen) atoms. The monoisotopic (exact) mass is 454 g/mol. The second-order valence-electron chi connectivity index (χ2n) is 8.19. The number of benzene rings is 2. The van der Waals surface area contributed by atoms with Crippen molar-refractivity contribution in [2.24, 2.45) is 5.92 Å². The van der Waals surface area contributed by atoms with Crippen LogP contribution in [0.3, 0.4) is 0 Å². The van der Waals surface area contributed by atoms with Crippen molar-refractivity contribution in [3.8, 4) is 11.5 Å². The smallest absolute Gasteiger partial charge is 0.322 e. The van der Waals surface area contributed by atoms with E-state index >= 15 is 0 Å². The predicted molar refractivity (Wildman–Crippen MR) is 120 cm³/mol. The van der Waals surface area contributed by atoms with Gasteiger partial charge in [-0.15, -0.1) is 5.10 Å². The highest BCUT2D eigenvalue weighted by Crippen LogP contribution is 2.26. The molecule has 0 unspecified atom stereocenters. The minimum Gasteiger partial charge on any atom is -0.403 e. The van der Waals surface area contributed by atoms with E-state index in [1.165, 1.54) is 4.31 Å². The molecule has 0 atom stereocenters. The van der Waals surface area contributed by atoms with Gasteiger partial charge in [-0.25, -0.2) is 8.42 Å². The summed E-state index contributed by atoms with van der Waals surface area (Å²) in [6.07, 6.45) is 0.851. The summed E-state index contributed by atoms with van der Waals surface area (Å²) in [5.41, 5.74) is 4.06. The molecule has 9 heteroatoms. The van der Waals surface area contributed by atoms with Crippen LogP contribution in [0, 0.1) is 26.7 Å². The summed E-state index contributed by atoms with van der Waals surface area (Å²) in [4.78, 5) is 12.9. The van der Waals surface area contributed by atoms with Crippen LogP contribution >= 0.6 is 0 Å². The van der Waals surface area contributed by atoms with Gasteiger partial charge in [0.2, 0.25) is 21.8 Å². The number of aromatic nitrogens is 2. The summed E-state index contributed by atoms with van der Waals surface area (Å²) < 4.78 is 32.7. The number of rotatable bonds is 5. The molecule has 168 valence electrons. The Labute approximate surface area is 187 Å². The third-order valence-electron chi connectivity index (χ3n) is 5.89. The molecule has 0 bridgehead atoms. The average Bonchev–Trinajstić information content (AvgIpc) is 3.24. The molecule has 0 saturated carbocycles. The Morgan fingerprint density at radius 2 is 1.69 bits per heavy atom. The van der Waals surface area contributed by atoms with Gasteiger partial charge in [0.05, 0.1) is 4.90 Å². The van der Waals surface area contributed by atoms with Gasteiger partial charge in [-0.2, -0.15) is 4.31 Å². The molecule has 3 aromatic rings. The standard InChI is InChI=1S/C23H26N4O4S/c1-15-4-8-20(9-5-15)32(29,30)27-12-10-18(11-13-27)21(28)24-23-26-25-22(31-23)19-7-6-16(2)17(3)14-19/h4-9,14,18H,10-13H2,1-3H3,(H,24,26,28). The Morgan fingerprint density at radius 3 is 2.34 bits per heavy atom. The van der Waals surface area contributed by atoms with Crippen LogP contribution < -0.4 is 5.32 Å². The Balaban J connectivity index is 1.36. The van der Waals surface area contributed by atoms with Crippen molar-refractivity contribution in [2.75, 3.05) is 18.4 Å². The predicted octanol–water partition coefficient (Wildman–Crippen LogP) is 3.70. The highest BCUT2D eigenvalue weighted by molar-refractivity contribution is 7.89. The van der Waals surface area contributed by atoms with E-state index in [1.54, 1.807) is 24.3 Å². The van der Waals surface area contributed by atoms with Gasteiger partial charge in [0, 0.05) is 24.6 Å². The molecule has 1 N–H and O–H groups in total. The normalized spacial score (nSPS) is 15.6. The van der Waals surface area contributed by atoms with Gasteiger partial charge < -0.3 is 4.42 Å². The van der Waals surface area contributed by atoms with Crippen LogP contribution in [0.1, 0.15) is 29.5 Å². The summed E-state index contributed by atoms with van der Waals surface area (Å²) in [5, 5.41) is 10.6. The van der Waals surface area contributed by atoms with E-state index in [1.807, 2.05) is 39.0 Å². The third-order valence-corrected chi connectivity index (χ3v) is 7.81. The highest BCUT2D eigenvalue weighted by Gasteiger charge is 2.32. The zero-order valence-corrected chi connectivity index (χ0v) is 19.1. The first-order valence-electron chi connectivity index (χ1n) is 10.5. The SMILES string of the molecule is Cc1ccc(S(=O)(=O)N2CCC(C(=O)Nc3nnc(-c4ccc(C)c(C)c4)o3)CC2)cc1. The Hall–Kier alpha value is -3.04. The summed E-state index contributed by atoms with van der Waals surface area (Å²) in [7, 11) is -3.56. The number of amides is 1. The van der Waals surface area contributed by atoms with Crippen molar-refractivity contribution >= 4 is 21.9 Å². The number of nitrogens with zero attached hydrogens (tertiary/aromatic N) is 3. The fourth-order valence-electron chi connectivity index (χ4n) is 3.69. The van der Waals surface area contributed by atoms with Crippen LogP contribution in [0.15, 0.2) is 51.8 Å². The lowest BCUT2D eigenvalue weighted by Crippen LogP contribution is -2.41. The topological polar surface area (TPSA) is 105 Å².